The van der Waals surface area contributed by atoms with Crippen LogP contribution in [0.15, 0.2) is 27.9 Å². The summed E-state index contributed by atoms with van der Waals surface area (Å²) in [5, 5.41) is 13.3. The number of pyridine rings is 1. The quantitative estimate of drug-likeness (QED) is 0.220. The summed E-state index contributed by atoms with van der Waals surface area (Å²) < 4.78 is 13.1. The number of thiocarbonyl (C=S) groups is 1. The molecule has 1 N–H and O–H groups in total. The third-order valence-electron chi connectivity index (χ3n) is 6.64. The van der Waals surface area contributed by atoms with Gasteiger partial charge in [-0.25, -0.2) is 0 Å². The van der Waals surface area contributed by atoms with Crippen molar-refractivity contribution in [3.05, 3.63) is 55.7 Å². The van der Waals surface area contributed by atoms with Crippen molar-refractivity contribution in [3.8, 4) is 17.6 Å². The molecule has 1 fully saturated rings. The van der Waals surface area contributed by atoms with Gasteiger partial charge in [-0.3, -0.25) is 19.1 Å². The molecule has 0 bridgehead atoms. The number of nitrogens with zero attached hydrogens (tertiary/aromatic N) is 3. The molecule has 8 nitrogen and oxygen atoms in total. The lowest BCUT2D eigenvalue weighted by atomic mass is 10.0. The summed E-state index contributed by atoms with van der Waals surface area (Å²) in [4.78, 5) is 28.8. The Morgan fingerprint density at radius 1 is 1.13 bits per heavy atom. The number of carbonyl (C=O) groups excluding carboxylic acids is 1. The highest BCUT2D eigenvalue weighted by molar-refractivity contribution is 8.26. The number of fused-ring (bicyclic) bond motifs is 1. The molecule has 1 amide bonds. The van der Waals surface area contributed by atoms with Gasteiger partial charge in [-0.15, -0.1) is 0 Å². The largest absolute Gasteiger partial charge is 0.454 e. The summed E-state index contributed by atoms with van der Waals surface area (Å²) in [5.74, 6) is 1.82. The van der Waals surface area contributed by atoms with Crippen LogP contribution in [-0.4, -0.2) is 33.0 Å². The van der Waals surface area contributed by atoms with E-state index in [0.717, 1.165) is 37.7 Å². The van der Waals surface area contributed by atoms with Gasteiger partial charge in [0.05, 0.1) is 4.91 Å². The maximum absolute atomic E-state index is 13.4. The molecule has 2 aliphatic heterocycles. The topological polar surface area (TPSA) is 96.6 Å². The Balaban J connectivity index is 1.75. The maximum Gasteiger partial charge on any atom is 0.270 e. The molecule has 0 spiro atoms. The van der Waals surface area contributed by atoms with Gasteiger partial charge in [0, 0.05) is 25.2 Å². The lowest BCUT2D eigenvalue weighted by Crippen LogP contribution is -2.29. The first-order valence-corrected chi connectivity index (χ1v) is 14.2. The third-order valence-corrected chi connectivity index (χ3v) is 8.02. The fourth-order valence-electron chi connectivity index (χ4n) is 4.46. The maximum atomic E-state index is 13.4. The van der Waals surface area contributed by atoms with Gasteiger partial charge in [-0.1, -0.05) is 63.2 Å². The van der Waals surface area contributed by atoms with E-state index >= 15 is 0 Å². The lowest BCUT2D eigenvalue weighted by molar-refractivity contribution is -0.122. The van der Waals surface area contributed by atoms with Crippen molar-refractivity contribution < 1.29 is 14.3 Å². The van der Waals surface area contributed by atoms with Crippen LogP contribution < -0.4 is 20.3 Å². The normalized spacial score (nSPS) is 15.4. The Bertz CT molecular complexity index is 1380. The first-order chi connectivity index (χ1) is 18.4. The van der Waals surface area contributed by atoms with E-state index in [0.29, 0.717) is 57.3 Å². The smallest absolute Gasteiger partial charge is 0.270 e. The Kier molecular flexibility index (Phi) is 9.13. The van der Waals surface area contributed by atoms with Crippen LogP contribution >= 0.6 is 24.0 Å². The Morgan fingerprint density at radius 3 is 2.63 bits per heavy atom. The average molecular weight is 553 g/mol. The second-order valence-corrected chi connectivity index (χ2v) is 10.9. The van der Waals surface area contributed by atoms with E-state index in [4.69, 9.17) is 21.7 Å². The van der Waals surface area contributed by atoms with Crippen LogP contribution in [0.5, 0.6) is 11.5 Å². The molecule has 200 valence electrons. The average Bonchev–Trinajstić information content (AvgIpc) is 3.48. The Labute approximate surface area is 232 Å². The molecule has 10 heteroatoms. The standard InChI is InChI=1S/C28H32N4O4S2/c1-4-6-8-12-32-27(34)24(38-28(32)37)14-20-18(3)21(15-29)26(33)31(11-7-5-2)25(20)30-16-19-9-10-22-23(13-19)36-17-35-22/h9-10,13-14,30H,4-8,11-12,16-17H2,1-3H3/b24-14+. The van der Waals surface area contributed by atoms with Crippen molar-refractivity contribution >= 4 is 46.1 Å². The molecule has 1 aromatic carbocycles. The van der Waals surface area contributed by atoms with Gasteiger partial charge in [0.2, 0.25) is 6.79 Å². The lowest BCUT2D eigenvalue weighted by Gasteiger charge is -2.20. The monoisotopic (exact) mass is 552 g/mol. The first-order valence-electron chi connectivity index (χ1n) is 12.9. The number of nitrogens with one attached hydrogen (secondary N) is 1. The molecule has 0 aliphatic carbocycles. The van der Waals surface area contributed by atoms with Gasteiger partial charge in [0.15, 0.2) is 11.5 Å². The summed E-state index contributed by atoms with van der Waals surface area (Å²) in [6.07, 6.45) is 6.40. The van der Waals surface area contributed by atoms with E-state index in [1.807, 2.05) is 18.2 Å². The van der Waals surface area contributed by atoms with Gasteiger partial charge in [0.1, 0.15) is 21.8 Å². The van der Waals surface area contributed by atoms with E-state index in [-0.39, 0.29) is 23.8 Å². The van der Waals surface area contributed by atoms with Crippen LogP contribution in [-0.2, 0) is 17.9 Å². The van der Waals surface area contributed by atoms with Gasteiger partial charge in [0.25, 0.3) is 11.5 Å². The van der Waals surface area contributed by atoms with Crippen molar-refractivity contribution in [1.82, 2.24) is 9.47 Å². The van der Waals surface area contributed by atoms with Crippen LogP contribution in [0, 0.1) is 18.3 Å². The summed E-state index contributed by atoms with van der Waals surface area (Å²) in [6, 6.07) is 7.79. The van der Waals surface area contributed by atoms with Gasteiger partial charge >= 0.3 is 0 Å². The molecule has 1 aromatic heterocycles. The van der Waals surface area contributed by atoms with Crippen LogP contribution in [0.3, 0.4) is 0 Å². The van der Waals surface area contributed by atoms with Crippen molar-refractivity contribution in [2.24, 2.45) is 0 Å². The molecular formula is C28H32N4O4S2. The number of ether oxygens (including phenoxy) is 2. The number of thioether (sulfide) groups is 1. The number of rotatable bonds is 11. The minimum Gasteiger partial charge on any atom is -0.454 e. The first kappa shape index (κ1) is 27.7. The van der Waals surface area contributed by atoms with Crippen molar-refractivity contribution in [1.29, 1.82) is 5.26 Å². The molecule has 0 saturated carbocycles. The number of anilines is 1. The SMILES string of the molecule is CCCCCN1C(=O)/C(=C\c2c(C)c(C#N)c(=O)n(CCCC)c2NCc2ccc3c(c2)OCO3)SC1=S. The molecule has 2 aliphatic rings. The molecule has 0 unspecified atom stereocenters. The van der Waals surface area contributed by atoms with Crippen molar-refractivity contribution in [2.45, 2.75) is 66.0 Å². The second kappa shape index (κ2) is 12.5. The van der Waals surface area contributed by atoms with Gasteiger partial charge in [-0.2, -0.15) is 5.26 Å². The number of hydrogen-bond donors (Lipinski definition) is 1. The van der Waals surface area contributed by atoms with Gasteiger partial charge in [-0.05, 0) is 49.1 Å². The second-order valence-electron chi connectivity index (χ2n) is 9.27. The molecule has 38 heavy (non-hydrogen) atoms. The van der Waals surface area contributed by atoms with Gasteiger partial charge < -0.3 is 14.8 Å². The highest BCUT2D eigenvalue weighted by Gasteiger charge is 2.32. The Hall–Kier alpha value is -3.29. The van der Waals surface area contributed by atoms with Crippen molar-refractivity contribution in [2.75, 3.05) is 18.7 Å². The summed E-state index contributed by atoms with van der Waals surface area (Å²) in [5.41, 5.74) is 1.87. The number of unbranched alkanes of at least 4 members (excludes halogenated alkanes) is 3. The number of hydrogen-bond acceptors (Lipinski definition) is 8. The van der Waals surface area contributed by atoms with Crippen LogP contribution in [0.4, 0.5) is 5.82 Å². The highest BCUT2D eigenvalue weighted by Crippen LogP contribution is 2.36. The number of nitriles is 1. The summed E-state index contributed by atoms with van der Waals surface area (Å²) in [7, 11) is 0. The summed E-state index contributed by atoms with van der Waals surface area (Å²) >= 11 is 6.78. The van der Waals surface area contributed by atoms with E-state index in [1.54, 1.807) is 22.5 Å². The number of aromatic nitrogens is 1. The zero-order chi connectivity index (χ0) is 27.2. The molecule has 3 heterocycles. The van der Waals surface area contributed by atoms with Crippen LogP contribution in [0.2, 0.25) is 0 Å². The zero-order valence-electron chi connectivity index (χ0n) is 22.0. The fourth-order valence-corrected chi connectivity index (χ4v) is 5.75. The number of amides is 1. The number of benzene rings is 1. The minimum absolute atomic E-state index is 0.0828. The zero-order valence-corrected chi connectivity index (χ0v) is 23.6. The Morgan fingerprint density at radius 2 is 1.89 bits per heavy atom. The van der Waals surface area contributed by atoms with Crippen LogP contribution in [0.25, 0.3) is 6.08 Å². The molecule has 1 saturated heterocycles. The molecule has 4 rings (SSSR count). The third kappa shape index (κ3) is 5.74. The van der Waals surface area contributed by atoms with E-state index in [1.165, 1.54) is 11.8 Å². The molecular weight excluding hydrogens is 520 g/mol. The molecule has 2 aromatic rings. The van der Waals surface area contributed by atoms with E-state index in [9.17, 15) is 14.9 Å². The van der Waals surface area contributed by atoms with Crippen LogP contribution in [0.1, 0.15) is 68.2 Å². The number of carbonyl (C=O) groups is 1. The predicted molar refractivity (Wildman–Crippen MR) is 154 cm³/mol. The van der Waals surface area contributed by atoms with E-state index < -0.39 is 0 Å². The van der Waals surface area contributed by atoms with E-state index in [2.05, 4.69) is 25.2 Å². The predicted octanol–water partition coefficient (Wildman–Crippen LogP) is 5.56. The highest BCUT2D eigenvalue weighted by atomic mass is 32.2. The molecule has 0 radical (unpaired) electrons. The fraction of sp³-hybridized carbons (Fsp3) is 0.429. The minimum atomic E-state index is -0.337. The summed E-state index contributed by atoms with van der Waals surface area (Å²) in [6.45, 7) is 7.56. The molecule has 0 atom stereocenters. The van der Waals surface area contributed by atoms with Crippen molar-refractivity contribution in [3.63, 3.8) is 0 Å².